The van der Waals surface area contributed by atoms with Gasteiger partial charge in [0.15, 0.2) is 5.76 Å². The van der Waals surface area contributed by atoms with Crippen LogP contribution < -0.4 is 0 Å². The van der Waals surface area contributed by atoms with Crippen LogP contribution in [-0.2, 0) is 13.0 Å². The molecule has 0 saturated carbocycles. The van der Waals surface area contributed by atoms with Crippen LogP contribution in [0.15, 0.2) is 46.9 Å². The molecule has 4 heteroatoms. The SMILES string of the molecule is CCc1ccc(C(=O)N(C)CC2CCN(Cc3ccccc3)C2)o1. The number of carbonyl (C=O) groups excluding carboxylic acids is 1. The number of rotatable bonds is 6. The molecule has 1 aliphatic rings. The molecule has 1 aliphatic heterocycles. The highest BCUT2D eigenvalue weighted by molar-refractivity contribution is 5.91. The lowest BCUT2D eigenvalue weighted by atomic mass is 10.1. The molecule has 2 heterocycles. The van der Waals surface area contributed by atoms with Gasteiger partial charge >= 0.3 is 0 Å². The number of amides is 1. The highest BCUT2D eigenvalue weighted by atomic mass is 16.4. The van der Waals surface area contributed by atoms with Crippen molar-refractivity contribution in [1.29, 1.82) is 0 Å². The molecule has 1 aromatic heterocycles. The van der Waals surface area contributed by atoms with Crippen molar-refractivity contribution in [2.45, 2.75) is 26.3 Å². The Bertz CT molecular complexity index is 665. The van der Waals surface area contributed by atoms with Gasteiger partial charge in [0.25, 0.3) is 5.91 Å². The van der Waals surface area contributed by atoms with Gasteiger partial charge in [-0.3, -0.25) is 9.69 Å². The maximum absolute atomic E-state index is 12.5. The zero-order valence-corrected chi connectivity index (χ0v) is 14.6. The topological polar surface area (TPSA) is 36.7 Å². The molecule has 1 atom stereocenters. The minimum absolute atomic E-state index is 0.0174. The first-order chi connectivity index (χ1) is 11.7. The first-order valence-corrected chi connectivity index (χ1v) is 8.76. The second-order valence-electron chi connectivity index (χ2n) is 6.68. The van der Waals surface area contributed by atoms with E-state index in [2.05, 4.69) is 35.2 Å². The number of likely N-dealkylation sites (tertiary alicyclic amines) is 1. The van der Waals surface area contributed by atoms with Gasteiger partial charge in [-0.1, -0.05) is 37.3 Å². The van der Waals surface area contributed by atoms with E-state index >= 15 is 0 Å². The van der Waals surface area contributed by atoms with Crippen molar-refractivity contribution >= 4 is 5.91 Å². The first kappa shape index (κ1) is 16.8. The summed E-state index contributed by atoms with van der Waals surface area (Å²) in [6.45, 7) is 5.95. The fourth-order valence-corrected chi connectivity index (χ4v) is 3.39. The van der Waals surface area contributed by atoms with Crippen molar-refractivity contribution < 1.29 is 9.21 Å². The van der Waals surface area contributed by atoms with E-state index in [1.807, 2.05) is 20.0 Å². The van der Waals surface area contributed by atoms with Crippen LogP contribution in [0.4, 0.5) is 0 Å². The van der Waals surface area contributed by atoms with Crippen LogP contribution in [0.2, 0.25) is 0 Å². The summed E-state index contributed by atoms with van der Waals surface area (Å²) in [6.07, 6.45) is 1.96. The van der Waals surface area contributed by atoms with E-state index in [0.717, 1.165) is 44.8 Å². The fourth-order valence-electron chi connectivity index (χ4n) is 3.39. The molecule has 0 aliphatic carbocycles. The molecule has 1 fully saturated rings. The number of hydrogen-bond donors (Lipinski definition) is 0. The van der Waals surface area contributed by atoms with E-state index in [4.69, 9.17) is 4.42 Å². The Hall–Kier alpha value is -2.07. The van der Waals surface area contributed by atoms with Crippen molar-refractivity contribution in [2.24, 2.45) is 5.92 Å². The van der Waals surface area contributed by atoms with Gasteiger partial charge in [-0.25, -0.2) is 0 Å². The lowest BCUT2D eigenvalue weighted by Crippen LogP contribution is -2.32. The second kappa shape index (κ2) is 7.67. The minimum Gasteiger partial charge on any atom is -0.456 e. The molecular weight excluding hydrogens is 300 g/mol. The summed E-state index contributed by atoms with van der Waals surface area (Å²) >= 11 is 0. The molecule has 0 bridgehead atoms. The molecule has 0 spiro atoms. The fraction of sp³-hybridized carbons (Fsp3) is 0.450. The Labute approximate surface area is 144 Å². The van der Waals surface area contributed by atoms with Crippen LogP contribution >= 0.6 is 0 Å². The van der Waals surface area contributed by atoms with Crippen LogP contribution in [0.3, 0.4) is 0 Å². The maximum Gasteiger partial charge on any atom is 0.289 e. The van der Waals surface area contributed by atoms with E-state index in [1.54, 1.807) is 11.0 Å². The summed E-state index contributed by atoms with van der Waals surface area (Å²) in [4.78, 5) is 16.7. The summed E-state index contributed by atoms with van der Waals surface area (Å²) in [5, 5.41) is 0. The lowest BCUT2D eigenvalue weighted by Gasteiger charge is -2.21. The number of aryl methyl sites for hydroxylation is 1. The molecule has 1 amide bonds. The van der Waals surface area contributed by atoms with Gasteiger partial charge in [-0.15, -0.1) is 0 Å². The monoisotopic (exact) mass is 326 g/mol. The van der Waals surface area contributed by atoms with E-state index in [0.29, 0.717) is 11.7 Å². The molecule has 2 aromatic rings. The average Bonchev–Trinajstić information content (AvgIpc) is 3.24. The van der Waals surface area contributed by atoms with Crippen LogP contribution in [0, 0.1) is 5.92 Å². The van der Waals surface area contributed by atoms with E-state index < -0.39 is 0 Å². The molecule has 0 N–H and O–H groups in total. The molecule has 24 heavy (non-hydrogen) atoms. The number of hydrogen-bond acceptors (Lipinski definition) is 3. The van der Waals surface area contributed by atoms with Crippen molar-refractivity contribution in [3.8, 4) is 0 Å². The third kappa shape index (κ3) is 4.06. The molecule has 1 aromatic carbocycles. The average molecular weight is 326 g/mol. The van der Waals surface area contributed by atoms with Gasteiger partial charge in [0.2, 0.25) is 0 Å². The van der Waals surface area contributed by atoms with Crippen molar-refractivity contribution in [3.05, 3.63) is 59.5 Å². The van der Waals surface area contributed by atoms with Crippen LogP contribution in [-0.4, -0.2) is 42.4 Å². The van der Waals surface area contributed by atoms with E-state index in [-0.39, 0.29) is 5.91 Å². The Balaban J connectivity index is 1.50. The number of furan rings is 1. The number of benzene rings is 1. The molecule has 1 unspecified atom stereocenters. The van der Waals surface area contributed by atoms with Gasteiger partial charge in [0.1, 0.15) is 5.76 Å². The number of nitrogens with zero attached hydrogens (tertiary/aromatic N) is 2. The van der Waals surface area contributed by atoms with Gasteiger partial charge in [-0.05, 0) is 36.6 Å². The van der Waals surface area contributed by atoms with Crippen molar-refractivity contribution in [2.75, 3.05) is 26.7 Å². The van der Waals surface area contributed by atoms with Crippen LogP contribution in [0.1, 0.15) is 35.2 Å². The third-order valence-electron chi connectivity index (χ3n) is 4.72. The standard InChI is InChI=1S/C20H26N2O2/c1-3-18-9-10-19(24-18)20(23)21(2)13-17-11-12-22(15-17)14-16-7-5-4-6-8-16/h4-10,17H,3,11-15H2,1-2H3. The van der Waals surface area contributed by atoms with Gasteiger partial charge in [-0.2, -0.15) is 0 Å². The van der Waals surface area contributed by atoms with Gasteiger partial charge < -0.3 is 9.32 Å². The molecule has 4 nitrogen and oxygen atoms in total. The van der Waals surface area contributed by atoms with E-state index in [9.17, 15) is 4.79 Å². The largest absolute Gasteiger partial charge is 0.456 e. The Morgan fingerprint density at radius 3 is 2.75 bits per heavy atom. The molecule has 128 valence electrons. The Morgan fingerprint density at radius 1 is 1.25 bits per heavy atom. The number of carbonyl (C=O) groups is 1. The van der Waals surface area contributed by atoms with Crippen LogP contribution in [0.25, 0.3) is 0 Å². The molecule has 1 saturated heterocycles. The maximum atomic E-state index is 12.5. The Kier molecular flexibility index (Phi) is 5.36. The summed E-state index contributed by atoms with van der Waals surface area (Å²) in [7, 11) is 1.87. The molecule has 3 rings (SSSR count). The van der Waals surface area contributed by atoms with Crippen LogP contribution in [0.5, 0.6) is 0 Å². The van der Waals surface area contributed by atoms with Gasteiger partial charge in [0.05, 0.1) is 0 Å². The highest BCUT2D eigenvalue weighted by Gasteiger charge is 2.26. The lowest BCUT2D eigenvalue weighted by molar-refractivity contribution is 0.0740. The zero-order valence-electron chi connectivity index (χ0n) is 14.6. The highest BCUT2D eigenvalue weighted by Crippen LogP contribution is 2.20. The normalized spacial score (nSPS) is 18.0. The predicted octanol–water partition coefficient (Wildman–Crippen LogP) is 3.44. The second-order valence-corrected chi connectivity index (χ2v) is 6.68. The summed E-state index contributed by atoms with van der Waals surface area (Å²) in [5.41, 5.74) is 1.35. The third-order valence-corrected chi connectivity index (χ3v) is 4.72. The molecule has 0 radical (unpaired) electrons. The summed E-state index contributed by atoms with van der Waals surface area (Å²) < 4.78 is 5.58. The smallest absolute Gasteiger partial charge is 0.289 e. The van der Waals surface area contributed by atoms with Gasteiger partial charge in [0, 0.05) is 33.1 Å². The van der Waals surface area contributed by atoms with Crippen molar-refractivity contribution in [1.82, 2.24) is 9.80 Å². The summed E-state index contributed by atoms with van der Waals surface area (Å²) in [5.74, 6) is 1.83. The molecular formula is C20H26N2O2. The predicted molar refractivity (Wildman–Crippen MR) is 94.9 cm³/mol. The van der Waals surface area contributed by atoms with Crippen molar-refractivity contribution in [3.63, 3.8) is 0 Å². The zero-order chi connectivity index (χ0) is 16.9. The quantitative estimate of drug-likeness (QED) is 0.816. The summed E-state index contributed by atoms with van der Waals surface area (Å²) in [6, 6.07) is 14.2. The van der Waals surface area contributed by atoms with E-state index in [1.165, 1.54) is 5.56 Å². The Morgan fingerprint density at radius 2 is 2.04 bits per heavy atom. The first-order valence-electron chi connectivity index (χ1n) is 8.76. The minimum atomic E-state index is -0.0174.